The number of aromatic nitrogens is 1. The molecule has 2 aliphatic rings. The number of aryl methyl sites for hydroxylation is 1. The van der Waals surface area contributed by atoms with E-state index in [9.17, 15) is 24.4 Å². The first kappa shape index (κ1) is 50.9. The molecule has 1 saturated heterocycles. The van der Waals surface area contributed by atoms with Gasteiger partial charge in [0.15, 0.2) is 0 Å². The summed E-state index contributed by atoms with van der Waals surface area (Å²) in [5.41, 5.74) is 4.39. The number of hydrogen-bond donors (Lipinski definition) is 3. The Morgan fingerprint density at radius 1 is 0.985 bits per heavy atom. The van der Waals surface area contributed by atoms with Gasteiger partial charge in [0.2, 0.25) is 17.7 Å². The molecule has 2 fully saturated rings. The molecule has 1 aliphatic carbocycles. The lowest BCUT2D eigenvalue weighted by atomic mass is 9.49. The maximum Gasteiger partial charge on any atom is 0.251 e. The number of amides is 4. The van der Waals surface area contributed by atoms with E-state index in [0.29, 0.717) is 66.6 Å². The van der Waals surface area contributed by atoms with Gasteiger partial charge in [0.25, 0.3) is 5.91 Å². The maximum atomic E-state index is 14.0. The third-order valence-electron chi connectivity index (χ3n) is 13.0. The van der Waals surface area contributed by atoms with Gasteiger partial charge in [0, 0.05) is 41.6 Å². The molecule has 1 aromatic heterocycles. The summed E-state index contributed by atoms with van der Waals surface area (Å²) < 4.78 is 18.2. The Bertz CT molecular complexity index is 2410. The zero-order chi connectivity index (χ0) is 48.7. The molecule has 15 heteroatoms. The van der Waals surface area contributed by atoms with Gasteiger partial charge in [-0.05, 0) is 98.9 Å². The number of carbonyl (C=O) groups is 4. The van der Waals surface area contributed by atoms with E-state index in [1.54, 1.807) is 58.7 Å². The predicted molar refractivity (Wildman–Crippen MR) is 261 cm³/mol. The predicted octanol–water partition coefficient (Wildman–Crippen LogP) is 9.05. The van der Waals surface area contributed by atoms with Gasteiger partial charge in [-0.3, -0.25) is 19.2 Å². The molecule has 0 spiro atoms. The molecule has 13 nitrogen and oxygen atoms in total. The Balaban J connectivity index is 0.884. The maximum absolute atomic E-state index is 14.0. The number of rotatable bonds is 19. The van der Waals surface area contributed by atoms with Crippen molar-refractivity contribution in [1.82, 2.24) is 25.8 Å². The van der Waals surface area contributed by atoms with E-state index in [4.69, 9.17) is 25.8 Å². The molecular weight excluding hydrogens is 888 g/mol. The summed E-state index contributed by atoms with van der Waals surface area (Å²) in [5, 5.41) is 18.7. The van der Waals surface area contributed by atoms with Gasteiger partial charge in [0.05, 0.1) is 39.4 Å². The summed E-state index contributed by atoms with van der Waals surface area (Å²) in [6, 6.07) is 20.6. The van der Waals surface area contributed by atoms with Crippen LogP contribution in [0.2, 0.25) is 5.02 Å². The quantitative estimate of drug-likeness (QED) is 0.0776. The Morgan fingerprint density at radius 2 is 1.67 bits per heavy atom. The Hall–Kier alpha value is -5.49. The van der Waals surface area contributed by atoms with Crippen LogP contribution in [0.3, 0.4) is 0 Å². The second-order valence-electron chi connectivity index (χ2n) is 20.0. The fourth-order valence-corrected chi connectivity index (χ4v) is 10.5. The van der Waals surface area contributed by atoms with Crippen molar-refractivity contribution in [2.45, 2.75) is 131 Å². The van der Waals surface area contributed by atoms with Crippen molar-refractivity contribution in [3.05, 3.63) is 99.6 Å². The first-order chi connectivity index (χ1) is 31.7. The van der Waals surface area contributed by atoms with Crippen LogP contribution in [0, 0.1) is 34.5 Å². The molecule has 0 radical (unpaired) electrons. The number of likely N-dealkylation sites (tertiary alicyclic amines) is 1. The average molecular weight is 954 g/mol. The lowest BCUT2D eigenvalue weighted by Crippen LogP contribution is -2.74. The van der Waals surface area contributed by atoms with Crippen LogP contribution in [-0.4, -0.2) is 83.6 Å². The molecule has 4 aromatic rings. The van der Waals surface area contributed by atoms with E-state index in [1.807, 2.05) is 64.4 Å². The fourth-order valence-electron chi connectivity index (χ4n) is 9.52. The number of unbranched alkanes of at least 4 members (excludes halogenated alkanes) is 1. The van der Waals surface area contributed by atoms with Crippen LogP contribution < -0.4 is 25.4 Å². The van der Waals surface area contributed by atoms with Crippen LogP contribution in [0.15, 0.2) is 72.2 Å². The molecule has 358 valence electrons. The molecule has 3 N–H and O–H groups in total. The highest BCUT2D eigenvalue weighted by atomic mass is 35.5. The van der Waals surface area contributed by atoms with Gasteiger partial charge in [-0.2, -0.15) is 5.26 Å². The van der Waals surface area contributed by atoms with Crippen LogP contribution in [0.4, 0.5) is 0 Å². The van der Waals surface area contributed by atoms with Crippen LogP contribution in [0.1, 0.15) is 115 Å². The minimum atomic E-state index is -0.840. The summed E-state index contributed by atoms with van der Waals surface area (Å²) in [6.07, 6.45) is 3.12. The second-order valence-corrected chi connectivity index (χ2v) is 21.3. The summed E-state index contributed by atoms with van der Waals surface area (Å²) >= 11 is 7.83. The van der Waals surface area contributed by atoms with Crippen molar-refractivity contribution in [3.63, 3.8) is 0 Å². The molecule has 0 unspecified atom stereocenters. The average Bonchev–Trinajstić information content (AvgIpc) is 3.97. The Kier molecular flexibility index (Phi) is 16.4. The Labute approximate surface area is 404 Å². The van der Waals surface area contributed by atoms with Gasteiger partial charge < -0.3 is 35.1 Å². The highest BCUT2D eigenvalue weighted by molar-refractivity contribution is 7.13. The number of hydrogen-bond acceptors (Lipinski definition) is 10. The van der Waals surface area contributed by atoms with Crippen LogP contribution in [-0.2, 0) is 25.7 Å². The number of thiazole rings is 1. The van der Waals surface area contributed by atoms with Gasteiger partial charge in [0.1, 0.15) is 42.4 Å². The lowest BCUT2D eigenvalue weighted by molar-refractivity contribution is -0.164. The zero-order valence-electron chi connectivity index (χ0n) is 40.2. The first-order valence-corrected chi connectivity index (χ1v) is 24.3. The highest BCUT2D eigenvalue weighted by Crippen LogP contribution is 2.55. The number of carbonyl (C=O) groups excluding carboxylic acids is 4. The minimum Gasteiger partial charge on any atom is -0.494 e. The van der Waals surface area contributed by atoms with E-state index in [1.165, 1.54) is 0 Å². The van der Waals surface area contributed by atoms with E-state index >= 15 is 0 Å². The molecule has 3 atom stereocenters. The van der Waals surface area contributed by atoms with Crippen molar-refractivity contribution in [1.29, 1.82) is 5.26 Å². The summed E-state index contributed by atoms with van der Waals surface area (Å²) in [5.74, 6) is 0.183. The zero-order valence-corrected chi connectivity index (χ0v) is 41.7. The van der Waals surface area contributed by atoms with Gasteiger partial charge in [-0.1, -0.05) is 84.3 Å². The number of nitrogens with one attached hydrogen (secondary N) is 3. The SMILES string of the molecule is Cc1ncsc1-c1ccc(CNC(=O)[C@@H]2CCCN2C(=O)[C@@H](NC(=O)CO[C@H](C)CCCCOc2ccc(C(=O)NC3C(C)(C)C(Oc4ccc(C#N)c(Cl)c4)C3(C)C)cc2)C(C)(C)C)cc1. The standard InChI is InChI=1S/C52H65ClN6O7S/c1-32(13-10-11-26-64-38-22-19-36(20-23-38)45(61)58-48-51(6,7)49(52(48,8)9)66-39-24-21-37(28-54)40(53)27-39)65-30-42(60)57-44(50(3,4)5)47(63)59-25-12-14-41(59)46(62)55-29-34-15-17-35(18-16-34)43-33(2)56-31-67-43/h15-24,27,31-32,41,44,48-49H,10-14,25-26,29-30H2,1-9H3,(H,55,62)(H,57,60)(H,58,61)/t32-,41+,44-,48?,49?/m1/s1. The number of halogens is 1. The van der Waals surface area contributed by atoms with E-state index in [-0.39, 0.29) is 59.3 Å². The van der Waals surface area contributed by atoms with Crippen molar-refractivity contribution in [2.24, 2.45) is 16.2 Å². The summed E-state index contributed by atoms with van der Waals surface area (Å²) in [4.78, 5) is 61.1. The second kappa shape index (κ2) is 21.6. The third-order valence-corrected chi connectivity index (χ3v) is 14.3. The molecule has 2 heterocycles. The van der Waals surface area contributed by atoms with Crippen LogP contribution in [0.5, 0.6) is 11.5 Å². The molecule has 6 rings (SSSR count). The largest absolute Gasteiger partial charge is 0.494 e. The minimum absolute atomic E-state index is 0.164. The molecule has 1 aliphatic heterocycles. The van der Waals surface area contributed by atoms with E-state index in [2.05, 4.69) is 54.7 Å². The lowest BCUT2D eigenvalue weighted by Gasteiger charge is -2.63. The summed E-state index contributed by atoms with van der Waals surface area (Å²) in [6.45, 7) is 18.9. The van der Waals surface area contributed by atoms with Gasteiger partial charge >= 0.3 is 0 Å². The van der Waals surface area contributed by atoms with Crippen molar-refractivity contribution in [3.8, 4) is 28.0 Å². The third kappa shape index (κ3) is 12.4. The summed E-state index contributed by atoms with van der Waals surface area (Å²) in [7, 11) is 0. The molecule has 3 aromatic carbocycles. The number of ether oxygens (including phenoxy) is 3. The first-order valence-electron chi connectivity index (χ1n) is 23.1. The smallest absolute Gasteiger partial charge is 0.251 e. The van der Waals surface area contributed by atoms with Gasteiger partial charge in [-0.15, -0.1) is 11.3 Å². The topological polar surface area (TPSA) is 172 Å². The van der Waals surface area contributed by atoms with E-state index < -0.39 is 17.5 Å². The van der Waals surface area contributed by atoms with E-state index in [0.717, 1.165) is 34.5 Å². The van der Waals surface area contributed by atoms with Crippen molar-refractivity contribution in [2.75, 3.05) is 19.8 Å². The van der Waals surface area contributed by atoms with Crippen LogP contribution >= 0.6 is 22.9 Å². The molecule has 0 bridgehead atoms. The normalized spacial score (nSPS) is 19.3. The monoisotopic (exact) mass is 952 g/mol. The number of nitrogens with zero attached hydrogens (tertiary/aromatic N) is 3. The number of nitriles is 1. The van der Waals surface area contributed by atoms with Crippen LogP contribution in [0.25, 0.3) is 10.4 Å². The Morgan fingerprint density at radius 3 is 2.30 bits per heavy atom. The molecule has 1 saturated carbocycles. The fraction of sp³-hybridized carbons (Fsp3) is 0.500. The molecular formula is C52H65ClN6O7S. The highest BCUT2D eigenvalue weighted by Gasteiger charge is 2.64. The van der Waals surface area contributed by atoms with Gasteiger partial charge in [-0.25, -0.2) is 4.98 Å². The molecule has 67 heavy (non-hydrogen) atoms. The number of benzene rings is 3. The molecule has 4 amide bonds. The van der Waals surface area contributed by atoms with Crippen molar-refractivity contribution < 1.29 is 33.4 Å². The van der Waals surface area contributed by atoms with Crippen molar-refractivity contribution >= 4 is 46.6 Å².